The van der Waals surface area contributed by atoms with Crippen LogP contribution in [-0.2, 0) is 16.1 Å². The highest BCUT2D eigenvalue weighted by molar-refractivity contribution is 5.87. The number of esters is 1. The highest BCUT2D eigenvalue weighted by atomic mass is 16.5. The van der Waals surface area contributed by atoms with Gasteiger partial charge in [0.05, 0.1) is 5.69 Å². The van der Waals surface area contributed by atoms with Crippen LogP contribution in [0.5, 0.6) is 5.75 Å². The van der Waals surface area contributed by atoms with Gasteiger partial charge >= 0.3 is 5.97 Å². The third-order valence-corrected chi connectivity index (χ3v) is 3.95. The third kappa shape index (κ3) is 5.07. The molecule has 0 atom stereocenters. The number of nitrogens with two attached hydrogens (primary N) is 1. The normalized spacial score (nSPS) is 10.4. The van der Waals surface area contributed by atoms with Crippen LogP contribution in [-0.4, -0.2) is 28.3 Å². The van der Waals surface area contributed by atoms with Crippen molar-refractivity contribution in [2.75, 3.05) is 6.61 Å². The number of nitrogens with zero attached hydrogens (tertiary/aromatic N) is 2. The van der Waals surface area contributed by atoms with E-state index in [9.17, 15) is 14.4 Å². The standard InChI is InChI=1S/C21H19N3O5/c1-14-10-18(25)20(23-24(14)16-7-3-2-4-8-16)21(27)29-12-15-6-5-9-17(11-15)28-13-19(22)26/h2-11H,12-13H2,1H3,(H2,22,26). The second kappa shape index (κ2) is 8.83. The van der Waals surface area contributed by atoms with Crippen LogP contribution in [0, 0.1) is 6.92 Å². The molecule has 29 heavy (non-hydrogen) atoms. The number of hydrogen-bond donors (Lipinski definition) is 1. The zero-order chi connectivity index (χ0) is 20.8. The Bertz CT molecular complexity index is 1090. The average molecular weight is 393 g/mol. The summed E-state index contributed by atoms with van der Waals surface area (Å²) in [5.74, 6) is -1.01. The Hall–Kier alpha value is -3.94. The number of aromatic nitrogens is 2. The van der Waals surface area contributed by atoms with Crippen molar-refractivity contribution in [1.29, 1.82) is 0 Å². The molecular formula is C21H19N3O5. The van der Waals surface area contributed by atoms with Crippen LogP contribution < -0.4 is 15.9 Å². The summed E-state index contributed by atoms with van der Waals surface area (Å²) in [6.07, 6.45) is 0. The van der Waals surface area contributed by atoms with Gasteiger partial charge in [0.25, 0.3) is 5.91 Å². The van der Waals surface area contributed by atoms with E-state index in [1.807, 2.05) is 30.3 Å². The number of carbonyl (C=O) groups excluding carboxylic acids is 2. The van der Waals surface area contributed by atoms with Crippen molar-refractivity contribution in [2.24, 2.45) is 5.73 Å². The maximum atomic E-state index is 12.4. The number of para-hydroxylation sites is 1. The summed E-state index contributed by atoms with van der Waals surface area (Å²) in [6.45, 7) is 1.39. The van der Waals surface area contributed by atoms with E-state index in [1.54, 1.807) is 31.2 Å². The molecule has 0 aliphatic carbocycles. The maximum absolute atomic E-state index is 12.4. The monoisotopic (exact) mass is 393 g/mol. The molecule has 1 amide bonds. The Morgan fingerprint density at radius 2 is 1.83 bits per heavy atom. The van der Waals surface area contributed by atoms with Gasteiger partial charge in [0.1, 0.15) is 12.4 Å². The first-order valence-electron chi connectivity index (χ1n) is 8.77. The van der Waals surface area contributed by atoms with Gasteiger partial charge in [-0.25, -0.2) is 9.48 Å². The number of aryl methyl sites for hydroxylation is 1. The Morgan fingerprint density at radius 1 is 1.07 bits per heavy atom. The number of ether oxygens (including phenoxy) is 2. The van der Waals surface area contributed by atoms with Crippen LogP contribution in [0.15, 0.2) is 65.5 Å². The first-order valence-corrected chi connectivity index (χ1v) is 8.77. The minimum absolute atomic E-state index is 0.0903. The van der Waals surface area contributed by atoms with E-state index in [1.165, 1.54) is 10.7 Å². The largest absolute Gasteiger partial charge is 0.484 e. The molecule has 0 aliphatic heterocycles. The second-order valence-corrected chi connectivity index (χ2v) is 6.22. The number of rotatable bonds is 7. The zero-order valence-electron chi connectivity index (χ0n) is 15.7. The predicted octanol–water partition coefficient (Wildman–Crippen LogP) is 1.76. The van der Waals surface area contributed by atoms with Crippen molar-refractivity contribution in [1.82, 2.24) is 9.78 Å². The lowest BCUT2D eigenvalue weighted by Gasteiger charge is -2.11. The molecule has 0 unspecified atom stereocenters. The fourth-order valence-electron chi connectivity index (χ4n) is 2.62. The summed E-state index contributed by atoms with van der Waals surface area (Å²) in [7, 11) is 0. The van der Waals surface area contributed by atoms with Gasteiger partial charge in [-0.15, -0.1) is 0 Å². The molecule has 2 aromatic carbocycles. The van der Waals surface area contributed by atoms with E-state index in [-0.39, 0.29) is 18.9 Å². The van der Waals surface area contributed by atoms with Gasteiger partial charge in [0.2, 0.25) is 11.1 Å². The van der Waals surface area contributed by atoms with Crippen molar-refractivity contribution in [3.05, 3.63) is 87.8 Å². The molecule has 1 heterocycles. The maximum Gasteiger partial charge on any atom is 0.363 e. The Kier molecular flexibility index (Phi) is 6.03. The summed E-state index contributed by atoms with van der Waals surface area (Å²) in [5.41, 5.74) is 6.16. The summed E-state index contributed by atoms with van der Waals surface area (Å²) < 4.78 is 12.0. The van der Waals surface area contributed by atoms with Crippen LogP contribution in [0.2, 0.25) is 0 Å². The van der Waals surface area contributed by atoms with Crippen molar-refractivity contribution >= 4 is 11.9 Å². The molecule has 0 spiro atoms. The fourth-order valence-corrected chi connectivity index (χ4v) is 2.62. The molecular weight excluding hydrogens is 374 g/mol. The lowest BCUT2D eigenvalue weighted by atomic mass is 10.2. The fraction of sp³-hybridized carbons (Fsp3) is 0.143. The SMILES string of the molecule is Cc1cc(=O)c(C(=O)OCc2cccc(OCC(N)=O)c2)nn1-c1ccccc1. The molecule has 0 fully saturated rings. The molecule has 3 aromatic rings. The van der Waals surface area contributed by atoms with Crippen LogP contribution in [0.25, 0.3) is 5.69 Å². The van der Waals surface area contributed by atoms with E-state index in [2.05, 4.69) is 5.10 Å². The van der Waals surface area contributed by atoms with E-state index in [0.29, 0.717) is 17.0 Å². The molecule has 148 valence electrons. The minimum atomic E-state index is -0.830. The number of amides is 1. The molecule has 0 aliphatic rings. The van der Waals surface area contributed by atoms with E-state index in [4.69, 9.17) is 15.2 Å². The second-order valence-electron chi connectivity index (χ2n) is 6.22. The summed E-state index contributed by atoms with van der Waals surface area (Å²) in [6, 6.07) is 17.2. The quantitative estimate of drug-likeness (QED) is 0.612. The molecule has 3 rings (SSSR count). The molecule has 0 saturated carbocycles. The Morgan fingerprint density at radius 3 is 2.55 bits per heavy atom. The number of benzene rings is 2. The van der Waals surface area contributed by atoms with E-state index < -0.39 is 17.3 Å². The van der Waals surface area contributed by atoms with Gasteiger partial charge in [-0.1, -0.05) is 30.3 Å². The van der Waals surface area contributed by atoms with E-state index in [0.717, 1.165) is 5.69 Å². The summed E-state index contributed by atoms with van der Waals surface area (Å²) in [4.78, 5) is 35.5. The molecule has 0 saturated heterocycles. The average Bonchev–Trinajstić information content (AvgIpc) is 2.71. The minimum Gasteiger partial charge on any atom is -0.484 e. The van der Waals surface area contributed by atoms with Crippen molar-refractivity contribution in [3.63, 3.8) is 0 Å². The highest BCUT2D eigenvalue weighted by Crippen LogP contribution is 2.15. The van der Waals surface area contributed by atoms with Crippen molar-refractivity contribution < 1.29 is 19.1 Å². The molecule has 0 bridgehead atoms. The van der Waals surface area contributed by atoms with Crippen LogP contribution in [0.3, 0.4) is 0 Å². The van der Waals surface area contributed by atoms with Crippen LogP contribution in [0.1, 0.15) is 21.7 Å². The van der Waals surface area contributed by atoms with Gasteiger partial charge in [-0.05, 0) is 36.8 Å². The third-order valence-electron chi connectivity index (χ3n) is 3.95. The topological polar surface area (TPSA) is 114 Å². The van der Waals surface area contributed by atoms with E-state index >= 15 is 0 Å². The zero-order valence-corrected chi connectivity index (χ0v) is 15.7. The first kappa shape index (κ1) is 19.8. The summed E-state index contributed by atoms with van der Waals surface area (Å²) in [5, 5.41) is 4.17. The number of hydrogen-bond acceptors (Lipinski definition) is 6. The lowest BCUT2D eigenvalue weighted by molar-refractivity contribution is -0.119. The summed E-state index contributed by atoms with van der Waals surface area (Å²) >= 11 is 0. The van der Waals surface area contributed by atoms with Gasteiger partial charge in [0.15, 0.2) is 6.61 Å². The van der Waals surface area contributed by atoms with Crippen LogP contribution in [0.4, 0.5) is 0 Å². The highest BCUT2D eigenvalue weighted by Gasteiger charge is 2.17. The predicted molar refractivity (Wildman–Crippen MR) is 105 cm³/mol. The Balaban J connectivity index is 1.75. The van der Waals surface area contributed by atoms with Gasteiger partial charge in [0, 0.05) is 11.8 Å². The number of primary amides is 1. The number of carbonyl (C=O) groups is 2. The van der Waals surface area contributed by atoms with Gasteiger partial charge in [-0.2, -0.15) is 5.10 Å². The van der Waals surface area contributed by atoms with Crippen LogP contribution >= 0.6 is 0 Å². The molecule has 1 aromatic heterocycles. The lowest BCUT2D eigenvalue weighted by Crippen LogP contribution is -2.24. The molecule has 0 radical (unpaired) electrons. The molecule has 8 heteroatoms. The smallest absolute Gasteiger partial charge is 0.363 e. The van der Waals surface area contributed by atoms with Crippen molar-refractivity contribution in [3.8, 4) is 11.4 Å². The van der Waals surface area contributed by atoms with Crippen molar-refractivity contribution in [2.45, 2.75) is 13.5 Å². The van der Waals surface area contributed by atoms with Gasteiger partial charge < -0.3 is 15.2 Å². The first-order chi connectivity index (χ1) is 13.9. The van der Waals surface area contributed by atoms with Gasteiger partial charge in [-0.3, -0.25) is 9.59 Å². The molecule has 8 nitrogen and oxygen atoms in total. The molecule has 2 N–H and O–H groups in total. The Labute approximate surface area is 166 Å².